The molecule has 5 nitrogen and oxygen atoms in total. The summed E-state index contributed by atoms with van der Waals surface area (Å²) in [7, 11) is -3.12. The largest absolute Gasteiger partial charge is 0.385 e. The molecule has 0 spiro atoms. The van der Waals surface area contributed by atoms with Crippen LogP contribution >= 0.6 is 11.3 Å². The van der Waals surface area contributed by atoms with Crippen LogP contribution in [-0.4, -0.2) is 31.7 Å². The van der Waals surface area contributed by atoms with Crippen LogP contribution in [0.25, 0.3) is 10.2 Å². The Kier molecular flexibility index (Phi) is 6.16. The van der Waals surface area contributed by atoms with Crippen LogP contribution in [0.1, 0.15) is 33.1 Å². The molecule has 0 bridgehead atoms. The molecule has 0 saturated carbocycles. The molecule has 0 aliphatic heterocycles. The van der Waals surface area contributed by atoms with E-state index in [1.807, 2.05) is 17.6 Å². The zero-order valence-electron chi connectivity index (χ0n) is 13.0. The number of aromatic nitrogens is 1. The second kappa shape index (κ2) is 7.89. The number of hydrogen-bond donors (Lipinski definition) is 2. The Hall–Kier alpha value is -1.18. The van der Waals surface area contributed by atoms with E-state index in [2.05, 4.69) is 21.1 Å². The van der Waals surface area contributed by atoms with Gasteiger partial charge in [-0.3, -0.25) is 0 Å². The molecular weight excluding hydrogens is 318 g/mol. The van der Waals surface area contributed by atoms with Gasteiger partial charge in [-0.1, -0.05) is 6.42 Å². The van der Waals surface area contributed by atoms with Gasteiger partial charge in [-0.25, -0.2) is 18.1 Å². The van der Waals surface area contributed by atoms with Crippen LogP contribution in [0.5, 0.6) is 0 Å². The second-order valence-corrected chi connectivity index (χ2v) is 8.72. The highest BCUT2D eigenvalue weighted by atomic mass is 32.2. The third-order valence-corrected chi connectivity index (χ3v) is 6.08. The van der Waals surface area contributed by atoms with Gasteiger partial charge in [0.25, 0.3) is 0 Å². The first kappa shape index (κ1) is 17.2. The topological polar surface area (TPSA) is 71.1 Å². The number of fused-ring (bicyclic) bond motifs is 1. The highest BCUT2D eigenvalue weighted by Crippen LogP contribution is 2.21. The molecule has 1 aromatic heterocycles. The molecule has 0 radical (unpaired) electrons. The maximum Gasteiger partial charge on any atom is 0.213 e. The van der Waals surface area contributed by atoms with Crippen LogP contribution in [0.4, 0.5) is 5.69 Å². The number of sulfonamides is 1. The van der Waals surface area contributed by atoms with Gasteiger partial charge in [-0.05, 0) is 44.9 Å². The lowest BCUT2D eigenvalue weighted by molar-refractivity contribution is 0.566. The van der Waals surface area contributed by atoms with Crippen LogP contribution < -0.4 is 10.0 Å². The maximum atomic E-state index is 11.6. The minimum absolute atomic E-state index is 0.365. The van der Waals surface area contributed by atoms with E-state index < -0.39 is 10.0 Å². The molecular formula is C15H23N3O2S2. The second-order valence-electron chi connectivity index (χ2n) is 5.51. The number of unbranched alkanes of at least 4 members (excludes halogenated alkanes) is 2. The molecule has 122 valence electrons. The number of nitrogens with one attached hydrogen (secondary N) is 2. The highest BCUT2D eigenvalue weighted by Gasteiger charge is 2.13. The van der Waals surface area contributed by atoms with E-state index in [4.69, 9.17) is 0 Å². The minimum atomic E-state index is -3.12. The minimum Gasteiger partial charge on any atom is -0.385 e. The fourth-order valence-corrected chi connectivity index (χ4v) is 3.48. The fraction of sp³-hybridized carbons (Fsp3) is 0.533. The summed E-state index contributed by atoms with van der Waals surface area (Å²) in [5.41, 5.74) is 4.00. The van der Waals surface area contributed by atoms with Crippen molar-refractivity contribution in [1.82, 2.24) is 9.71 Å². The van der Waals surface area contributed by atoms with Crippen molar-refractivity contribution >= 4 is 37.3 Å². The van der Waals surface area contributed by atoms with Crippen molar-refractivity contribution < 1.29 is 8.42 Å². The Labute approximate surface area is 136 Å². The van der Waals surface area contributed by atoms with E-state index in [1.54, 1.807) is 25.2 Å². The SMILES string of the molecule is CC(C)S(=O)(=O)NCCCCCNc1ccc2ncsc2c1. The summed E-state index contributed by atoms with van der Waals surface area (Å²) in [5.74, 6) is 0. The summed E-state index contributed by atoms with van der Waals surface area (Å²) in [6.07, 6.45) is 2.88. The van der Waals surface area contributed by atoms with Gasteiger partial charge in [0.2, 0.25) is 10.0 Å². The molecule has 0 unspecified atom stereocenters. The summed E-state index contributed by atoms with van der Waals surface area (Å²) < 4.78 is 26.9. The smallest absolute Gasteiger partial charge is 0.213 e. The lowest BCUT2D eigenvalue weighted by Gasteiger charge is -2.09. The predicted molar refractivity (Wildman–Crippen MR) is 94.0 cm³/mol. The first-order valence-electron chi connectivity index (χ1n) is 7.54. The Bertz CT molecular complexity index is 696. The highest BCUT2D eigenvalue weighted by molar-refractivity contribution is 7.90. The van der Waals surface area contributed by atoms with Crippen molar-refractivity contribution in [1.29, 1.82) is 0 Å². The summed E-state index contributed by atoms with van der Waals surface area (Å²) in [6, 6.07) is 6.18. The molecule has 7 heteroatoms. The van der Waals surface area contributed by atoms with Crippen LogP contribution in [0.15, 0.2) is 23.7 Å². The molecule has 0 fully saturated rings. The monoisotopic (exact) mass is 341 g/mol. The third kappa shape index (κ3) is 4.93. The number of hydrogen-bond acceptors (Lipinski definition) is 5. The molecule has 1 aromatic carbocycles. The average Bonchev–Trinajstić information content (AvgIpc) is 2.93. The van der Waals surface area contributed by atoms with Gasteiger partial charge in [0.1, 0.15) is 0 Å². The molecule has 0 aliphatic rings. The number of rotatable bonds is 9. The van der Waals surface area contributed by atoms with Crippen molar-refractivity contribution in [3.63, 3.8) is 0 Å². The maximum absolute atomic E-state index is 11.6. The molecule has 0 aliphatic carbocycles. The van der Waals surface area contributed by atoms with Crippen molar-refractivity contribution in [3.05, 3.63) is 23.7 Å². The summed E-state index contributed by atoms with van der Waals surface area (Å²) in [5, 5.41) is 3.03. The molecule has 2 rings (SSSR count). The molecule has 0 atom stereocenters. The Morgan fingerprint density at radius 3 is 2.73 bits per heavy atom. The summed E-state index contributed by atoms with van der Waals surface area (Å²) in [4.78, 5) is 4.26. The Morgan fingerprint density at radius 1 is 1.18 bits per heavy atom. The van der Waals surface area contributed by atoms with Crippen molar-refractivity contribution in [2.24, 2.45) is 0 Å². The number of benzene rings is 1. The van der Waals surface area contributed by atoms with E-state index in [0.29, 0.717) is 6.54 Å². The van der Waals surface area contributed by atoms with E-state index in [0.717, 1.165) is 37.0 Å². The van der Waals surface area contributed by atoms with Gasteiger partial charge in [0.15, 0.2) is 0 Å². The van der Waals surface area contributed by atoms with E-state index in [9.17, 15) is 8.42 Å². The lowest BCUT2D eigenvalue weighted by Crippen LogP contribution is -2.31. The third-order valence-electron chi connectivity index (χ3n) is 3.44. The quantitative estimate of drug-likeness (QED) is 0.687. The summed E-state index contributed by atoms with van der Waals surface area (Å²) >= 11 is 1.64. The number of anilines is 1. The molecule has 0 saturated heterocycles. The zero-order valence-corrected chi connectivity index (χ0v) is 14.6. The van der Waals surface area contributed by atoms with Crippen molar-refractivity contribution in [3.8, 4) is 0 Å². The van der Waals surface area contributed by atoms with Crippen LogP contribution in [0, 0.1) is 0 Å². The van der Waals surface area contributed by atoms with Crippen molar-refractivity contribution in [2.75, 3.05) is 18.4 Å². The number of nitrogens with zero attached hydrogens (tertiary/aromatic N) is 1. The fourth-order valence-electron chi connectivity index (χ4n) is 2.01. The zero-order chi connectivity index (χ0) is 16.0. The first-order valence-corrected chi connectivity index (χ1v) is 9.97. The van der Waals surface area contributed by atoms with Gasteiger partial charge < -0.3 is 5.32 Å². The van der Waals surface area contributed by atoms with E-state index in [1.165, 1.54) is 4.70 Å². The van der Waals surface area contributed by atoms with Crippen LogP contribution in [0.2, 0.25) is 0 Å². The first-order chi connectivity index (χ1) is 10.5. The molecule has 0 amide bonds. The molecule has 2 aromatic rings. The van der Waals surface area contributed by atoms with Gasteiger partial charge in [0, 0.05) is 18.8 Å². The van der Waals surface area contributed by atoms with Gasteiger partial charge in [0.05, 0.1) is 21.0 Å². The van der Waals surface area contributed by atoms with Crippen LogP contribution in [0.3, 0.4) is 0 Å². The lowest BCUT2D eigenvalue weighted by atomic mass is 10.2. The van der Waals surface area contributed by atoms with Gasteiger partial charge >= 0.3 is 0 Å². The van der Waals surface area contributed by atoms with Gasteiger partial charge in [-0.2, -0.15) is 0 Å². The van der Waals surface area contributed by atoms with E-state index in [-0.39, 0.29) is 5.25 Å². The van der Waals surface area contributed by atoms with Crippen molar-refractivity contribution in [2.45, 2.75) is 38.4 Å². The van der Waals surface area contributed by atoms with Crippen LogP contribution in [-0.2, 0) is 10.0 Å². The average molecular weight is 342 g/mol. The van der Waals surface area contributed by atoms with Gasteiger partial charge in [-0.15, -0.1) is 11.3 Å². The predicted octanol–water partition coefficient (Wildman–Crippen LogP) is 3.21. The molecule has 22 heavy (non-hydrogen) atoms. The van der Waals surface area contributed by atoms with E-state index >= 15 is 0 Å². The Morgan fingerprint density at radius 2 is 1.95 bits per heavy atom. The molecule has 2 N–H and O–H groups in total. The standard InChI is InChI=1S/C15H23N3O2S2/c1-12(2)22(19,20)18-9-5-3-4-8-16-13-6-7-14-15(10-13)21-11-17-14/h6-7,10-12,16,18H,3-5,8-9H2,1-2H3. The normalized spacial score (nSPS) is 12.1. The Balaban J connectivity index is 1.61. The number of thiazole rings is 1. The molecule has 1 heterocycles. The summed E-state index contributed by atoms with van der Waals surface area (Å²) in [6.45, 7) is 4.78.